The third-order valence-corrected chi connectivity index (χ3v) is 28.5. The van der Waals surface area contributed by atoms with E-state index >= 15 is 0 Å². The molecule has 12 heteroatoms. The van der Waals surface area contributed by atoms with Gasteiger partial charge in [0.25, 0.3) is 0 Å². The van der Waals surface area contributed by atoms with Crippen molar-refractivity contribution >= 4 is 138 Å². The fourth-order valence-electron chi connectivity index (χ4n) is 23.2. The van der Waals surface area contributed by atoms with E-state index in [4.69, 9.17) is 4.11 Å². The van der Waals surface area contributed by atoms with Crippen molar-refractivity contribution < 1.29 is 26.5 Å². The third-order valence-electron chi connectivity index (χ3n) is 28.5. The highest BCUT2D eigenvalue weighted by Crippen LogP contribution is 2.40. The molecule has 6 aliphatic rings. The first-order valence-electron chi connectivity index (χ1n) is 50.3. The fourth-order valence-corrected chi connectivity index (χ4v) is 23.2. The number of para-hydroxylation sites is 4. The van der Waals surface area contributed by atoms with Gasteiger partial charge in [0.1, 0.15) is 28.2 Å². The molecule has 8 aromatic carbocycles. The first kappa shape index (κ1) is 83.7. The van der Waals surface area contributed by atoms with Crippen molar-refractivity contribution in [3.63, 3.8) is 0 Å². The standard InChI is InChI=1S/C31H40BN2.C29H36BN2.C28H36BN2.C27H34BN2/c1-22-25-16-10-11-18-27(25)30(31(2,3)4)34(6)32(22)29-21-24(20-23-14-8-7-9-15-23)26-17-12-13-19-28(26)33(29)5;1-20-22-15-9-10-17-24(22)28(29(2,3)4)32(6)30(20)27-19-25(21-13-7-8-14-21)23-16-11-12-18-26(23)31(27)5;1-19(2)17-21-18-26(30(7)25-16-12-11-14-23(21)25)29-20(3)22-13-9-10-15-24(22)27(31(29)8)28(4,5)6;1-18(2)23-17-25(29(7)24-16-12-11-14-21(23)24)28-19(3)20-13-9-10-15-22(20)26(30(28)8)27(4,5)6/h10-13,16-19,21,23H,7-9,14-15,20H2,1-6H3;9-12,15-19,21H,7-8,13-14H2,1-6H3;9-16,18-19H,17H2,1-8H3;9-18H,1-8H3/q4*+1/i20D2;21D;17D2;18D. The van der Waals surface area contributed by atoms with E-state index in [0.717, 1.165) is 106 Å². The average molecular weight is 1690 g/mol. The van der Waals surface area contributed by atoms with Gasteiger partial charge in [0.05, 0.1) is 0 Å². The molecule has 12 aromatic rings. The monoisotopic (exact) mass is 1690 g/mol. The second-order valence-corrected chi connectivity index (χ2v) is 42.2. The van der Waals surface area contributed by atoms with Gasteiger partial charge in [-0.1, -0.05) is 323 Å². The van der Waals surface area contributed by atoms with Crippen LogP contribution in [0.15, 0.2) is 218 Å². The van der Waals surface area contributed by atoms with Gasteiger partial charge in [-0.25, -0.2) is 18.3 Å². The maximum absolute atomic E-state index is 9.41. The number of pyridine rings is 4. The number of benzene rings is 8. The number of nitrogens with zero attached hydrogens (tertiary/aromatic N) is 8. The van der Waals surface area contributed by atoms with E-state index in [1.165, 1.54) is 126 Å². The summed E-state index contributed by atoms with van der Waals surface area (Å²) in [6, 6.07) is 77.9. The molecule has 0 atom stereocenters. The molecule has 4 aliphatic heterocycles. The maximum atomic E-state index is 9.41. The van der Waals surface area contributed by atoms with E-state index in [1.807, 2.05) is 45.9 Å². The molecule has 0 radical (unpaired) electrons. The summed E-state index contributed by atoms with van der Waals surface area (Å²) in [6.45, 7) is 44.8. The van der Waals surface area contributed by atoms with Gasteiger partial charge < -0.3 is 19.2 Å². The van der Waals surface area contributed by atoms with Crippen LogP contribution in [0.4, 0.5) is 0 Å². The summed E-state index contributed by atoms with van der Waals surface area (Å²) in [5.41, 5.74) is 23.9. The Hall–Kier alpha value is -10.2. The Morgan fingerprint density at radius 2 is 0.614 bits per heavy atom. The lowest BCUT2D eigenvalue weighted by atomic mass is 9.48. The molecule has 0 unspecified atom stereocenters. The van der Waals surface area contributed by atoms with Crippen LogP contribution < -0.4 is 82.4 Å². The normalized spacial score (nSPS) is 17.4. The van der Waals surface area contributed by atoms with E-state index in [2.05, 4.69) is 405 Å². The van der Waals surface area contributed by atoms with Crippen LogP contribution in [0.2, 0.25) is 0 Å². The molecule has 2 aliphatic carbocycles. The summed E-state index contributed by atoms with van der Waals surface area (Å²) in [5, 5.41) is 15.0. The molecule has 0 saturated heterocycles. The summed E-state index contributed by atoms with van der Waals surface area (Å²) in [6.07, 6.45) is 6.86. The van der Waals surface area contributed by atoms with Crippen molar-refractivity contribution in [1.29, 1.82) is 0 Å². The number of aryl methyl sites for hydroxylation is 4. The minimum Gasteiger partial charge on any atom is -0.407 e. The number of rotatable bonds is 10. The van der Waals surface area contributed by atoms with Crippen LogP contribution in [-0.2, 0) is 40.9 Å². The van der Waals surface area contributed by atoms with E-state index in [-0.39, 0.29) is 60.9 Å². The highest BCUT2D eigenvalue weighted by atomic mass is 15.1. The summed E-state index contributed by atoms with van der Waals surface area (Å²) in [7, 11) is 17.5. The van der Waals surface area contributed by atoms with Crippen LogP contribution in [-0.4, -0.2) is 74.8 Å². The third kappa shape index (κ3) is 17.5. The van der Waals surface area contributed by atoms with E-state index < -0.39 is 24.5 Å². The Labute approximate surface area is 772 Å². The molecule has 654 valence electrons. The zero-order valence-electron chi connectivity index (χ0n) is 88.2. The largest absolute Gasteiger partial charge is 0.407 e. The van der Waals surface area contributed by atoms with Crippen molar-refractivity contribution in [2.75, 3.05) is 28.2 Å². The molecule has 2 saturated carbocycles. The highest BCUT2D eigenvalue weighted by Gasteiger charge is 2.46. The Morgan fingerprint density at radius 3 is 0.953 bits per heavy atom. The Balaban J connectivity index is 0.000000136. The minimum atomic E-state index is -1.43. The van der Waals surface area contributed by atoms with Gasteiger partial charge in [-0.05, 0) is 193 Å². The second kappa shape index (κ2) is 36.4. The molecule has 0 bridgehead atoms. The zero-order chi connectivity index (χ0) is 96.4. The molecular weight excluding hydrogens is 1540 g/mol. The topological polar surface area (TPSA) is 28.5 Å². The van der Waals surface area contributed by atoms with Gasteiger partial charge in [0, 0.05) is 123 Å². The summed E-state index contributed by atoms with van der Waals surface area (Å²) >= 11 is 0. The van der Waals surface area contributed by atoms with Crippen LogP contribution in [0.3, 0.4) is 0 Å². The van der Waals surface area contributed by atoms with Gasteiger partial charge in [0.2, 0.25) is 22.1 Å². The highest BCUT2D eigenvalue weighted by molar-refractivity contribution is 6.87. The van der Waals surface area contributed by atoms with Crippen molar-refractivity contribution in [2.24, 2.45) is 61.7 Å². The fraction of sp³-hybridized carbons (Fsp3) is 0.409. The Kier molecular flexibility index (Phi) is 24.0. The van der Waals surface area contributed by atoms with E-state index in [9.17, 15) is 4.11 Å². The molecule has 0 amide bonds. The first-order chi connectivity index (χ1) is 62.5. The number of fused-ring (bicyclic) bond motifs is 8. The Bertz CT molecular complexity index is 6940. The molecule has 0 spiro atoms. The second-order valence-electron chi connectivity index (χ2n) is 42.2. The molecule has 0 N–H and O–H groups in total. The number of hydrogen-bond acceptors (Lipinski definition) is 4. The van der Waals surface area contributed by atoms with E-state index in [0.29, 0.717) is 0 Å². The lowest BCUT2D eigenvalue weighted by Crippen LogP contribution is -2.65. The molecule has 8 heterocycles. The average Bonchev–Trinajstić information content (AvgIpc) is 1.23. The van der Waals surface area contributed by atoms with Crippen molar-refractivity contribution in [2.45, 2.75) is 221 Å². The predicted molar refractivity (Wildman–Crippen MR) is 548 cm³/mol. The molecule has 18 rings (SSSR count). The van der Waals surface area contributed by atoms with E-state index in [1.54, 1.807) is 0 Å². The quantitative estimate of drug-likeness (QED) is 0.101. The van der Waals surface area contributed by atoms with Gasteiger partial charge in [-0.2, -0.15) is 0 Å². The van der Waals surface area contributed by atoms with Gasteiger partial charge in [-0.15, -0.1) is 0 Å². The molecule has 8 nitrogen and oxygen atoms in total. The summed E-state index contributed by atoms with van der Waals surface area (Å²) < 4.78 is 64.3. The van der Waals surface area contributed by atoms with Gasteiger partial charge in [0.15, 0.2) is 22.4 Å². The van der Waals surface area contributed by atoms with Crippen LogP contribution in [0.25, 0.3) is 88.3 Å². The molecule has 4 aromatic heterocycles. The lowest BCUT2D eigenvalue weighted by Gasteiger charge is -2.39. The predicted octanol–water partition coefficient (Wildman–Crippen LogP) is 15.6. The minimum absolute atomic E-state index is 0.0107. The Morgan fingerprint density at radius 1 is 0.346 bits per heavy atom. The smallest absolute Gasteiger partial charge is 0.399 e. The van der Waals surface area contributed by atoms with Crippen LogP contribution in [0.1, 0.15) is 239 Å². The first-order valence-corrected chi connectivity index (χ1v) is 47.3. The van der Waals surface area contributed by atoms with Crippen LogP contribution >= 0.6 is 0 Å². The summed E-state index contributed by atoms with van der Waals surface area (Å²) in [5.74, 6) is -1.23. The van der Waals surface area contributed by atoms with Crippen molar-refractivity contribution in [3.8, 4) is 0 Å². The van der Waals surface area contributed by atoms with Gasteiger partial charge >= 0.3 is 27.4 Å². The molecular formula is C115H146B4N8+4. The lowest BCUT2D eigenvalue weighted by molar-refractivity contribution is -0.627. The zero-order valence-corrected chi connectivity index (χ0v) is 82.2. The summed E-state index contributed by atoms with van der Waals surface area (Å²) in [4.78, 5) is 9.82. The number of aromatic nitrogens is 4. The SMILES string of the molecule is [2H]C(C)(C)c1cc(B2C(C)=c3ccccc3=C(C(C)(C)C)N2C)[n+](C)c2ccccc12.[2H]C([2H])(c1cc(B2C(C)=c3ccccc3=C(C(C)(C)C)N2C)[n+](C)c2ccccc12)C(C)C.[2H]C([2H])(c1cc(B2C(C)=c3ccccc3=C(C(C)(C)C)N2C)[n+](C)c2ccccc12)C1CCCCC1.[2H]C1(c2cc(B3C(C)=c4ccccc4=C(C(C)(C)C)N3C)[n+](C)c3ccccc23)CCCC1. The van der Waals surface area contributed by atoms with Crippen LogP contribution in [0, 0.1) is 33.5 Å². The number of hydrogen-bond donors (Lipinski definition) is 0. The molecule has 127 heavy (non-hydrogen) atoms. The van der Waals surface area contributed by atoms with Crippen molar-refractivity contribution in [3.05, 3.63) is 282 Å². The molecule has 2 fully saturated rings. The van der Waals surface area contributed by atoms with Gasteiger partial charge in [-0.3, -0.25) is 0 Å². The maximum Gasteiger partial charge on any atom is 0.399 e. The van der Waals surface area contributed by atoms with Crippen molar-refractivity contribution in [1.82, 2.24) is 19.2 Å². The van der Waals surface area contributed by atoms with Crippen LogP contribution in [0.5, 0.6) is 0 Å².